The van der Waals surface area contributed by atoms with Crippen molar-refractivity contribution >= 4 is 40.6 Å². The Morgan fingerprint density at radius 2 is 2.00 bits per heavy atom. The number of ether oxygens (including phenoxy) is 2. The quantitative estimate of drug-likeness (QED) is 0.703. The highest BCUT2D eigenvalue weighted by Gasteiger charge is 2.24. The van der Waals surface area contributed by atoms with E-state index in [0.29, 0.717) is 21.6 Å². The van der Waals surface area contributed by atoms with Crippen LogP contribution in [0.2, 0.25) is 0 Å². The molecule has 1 aliphatic heterocycles. The number of benzene rings is 2. The summed E-state index contributed by atoms with van der Waals surface area (Å²) in [5.41, 5.74) is 3.65. The zero-order valence-corrected chi connectivity index (χ0v) is 17.0. The predicted octanol–water partition coefficient (Wildman–Crippen LogP) is 3.67. The minimum absolute atomic E-state index is 0.232. The minimum atomic E-state index is -1.08. The fourth-order valence-electron chi connectivity index (χ4n) is 2.61. The van der Waals surface area contributed by atoms with E-state index in [1.807, 2.05) is 32.0 Å². The van der Waals surface area contributed by atoms with Crippen LogP contribution in [0.15, 0.2) is 46.3 Å². The van der Waals surface area contributed by atoms with Gasteiger partial charge in [0.1, 0.15) is 0 Å². The number of nitrogens with one attached hydrogen (secondary N) is 1. The lowest BCUT2D eigenvalue weighted by Crippen LogP contribution is -2.19. The van der Waals surface area contributed by atoms with Crippen molar-refractivity contribution in [2.45, 2.75) is 13.8 Å². The smallest absolute Gasteiger partial charge is 0.341 e. The number of carbonyl (C=O) groups excluding carboxylic acids is 1. The highest BCUT2D eigenvalue weighted by atomic mass is 32.2. The lowest BCUT2D eigenvalue weighted by atomic mass is 10.1. The first-order valence-corrected chi connectivity index (χ1v) is 9.57. The van der Waals surface area contributed by atoms with Gasteiger partial charge in [-0.15, -0.1) is 0 Å². The lowest BCUT2D eigenvalue weighted by molar-refractivity contribution is -0.139. The van der Waals surface area contributed by atoms with Crippen LogP contribution in [0.1, 0.15) is 16.7 Å². The first-order chi connectivity index (χ1) is 13.9. The predicted molar refractivity (Wildman–Crippen MR) is 113 cm³/mol. The second-order valence-electron chi connectivity index (χ2n) is 6.36. The van der Waals surface area contributed by atoms with Gasteiger partial charge in [-0.2, -0.15) is 0 Å². The molecule has 2 N–H and O–H groups in total. The standard InChI is InChI=1S/C21H20N2O5S/c1-12-4-5-13(2)15(8-12)22-21-23-20(26)18(29-21)10-14-6-7-16(17(9-14)27-3)28-11-19(24)25/h4-10H,11H2,1-3H3,(H,24,25)(H,22,23,26)/b18-10+. The SMILES string of the molecule is COc1cc(/C=C2/SC(=Nc3cc(C)ccc3C)NC2=O)ccc1OCC(=O)O. The largest absolute Gasteiger partial charge is 0.493 e. The van der Waals surface area contributed by atoms with E-state index in [4.69, 9.17) is 14.6 Å². The van der Waals surface area contributed by atoms with Crippen molar-refractivity contribution in [3.05, 3.63) is 58.0 Å². The number of amides is 1. The first kappa shape index (κ1) is 20.5. The molecule has 1 saturated heterocycles. The van der Waals surface area contributed by atoms with Gasteiger partial charge >= 0.3 is 5.97 Å². The average molecular weight is 412 g/mol. The van der Waals surface area contributed by atoms with Crippen LogP contribution in [-0.4, -0.2) is 35.9 Å². The number of rotatable bonds is 6. The number of nitrogens with zero attached hydrogens (tertiary/aromatic N) is 1. The Balaban J connectivity index is 1.82. The molecule has 2 aromatic rings. The third-order valence-corrected chi connectivity index (χ3v) is 4.98. The first-order valence-electron chi connectivity index (χ1n) is 8.75. The molecule has 0 atom stereocenters. The maximum Gasteiger partial charge on any atom is 0.341 e. The monoisotopic (exact) mass is 412 g/mol. The number of hydrogen-bond donors (Lipinski definition) is 2. The number of carboxylic acids is 1. The summed E-state index contributed by atoms with van der Waals surface area (Å²) in [5.74, 6) is -0.608. The van der Waals surface area contributed by atoms with E-state index in [0.717, 1.165) is 22.4 Å². The number of amidine groups is 1. The molecule has 0 aliphatic carbocycles. The van der Waals surface area contributed by atoms with Gasteiger partial charge in [0.2, 0.25) is 0 Å². The number of aliphatic imine (C=N–C) groups is 1. The molecular weight excluding hydrogens is 392 g/mol. The van der Waals surface area contributed by atoms with Crippen LogP contribution in [0.25, 0.3) is 6.08 Å². The molecule has 1 heterocycles. The number of aryl methyl sites for hydroxylation is 2. The van der Waals surface area contributed by atoms with Crippen molar-refractivity contribution in [2.75, 3.05) is 13.7 Å². The van der Waals surface area contributed by atoms with E-state index in [9.17, 15) is 9.59 Å². The molecule has 0 spiro atoms. The molecule has 0 unspecified atom stereocenters. The van der Waals surface area contributed by atoms with Gasteiger partial charge in [0.05, 0.1) is 17.7 Å². The van der Waals surface area contributed by atoms with Crippen molar-refractivity contribution < 1.29 is 24.2 Å². The van der Waals surface area contributed by atoms with E-state index in [1.165, 1.54) is 18.9 Å². The molecule has 0 aromatic heterocycles. The second kappa shape index (κ2) is 8.83. The fraction of sp³-hybridized carbons (Fsp3) is 0.190. The van der Waals surface area contributed by atoms with Gasteiger partial charge in [-0.3, -0.25) is 4.79 Å². The summed E-state index contributed by atoms with van der Waals surface area (Å²) >= 11 is 1.26. The van der Waals surface area contributed by atoms with Crippen LogP contribution in [0.5, 0.6) is 11.5 Å². The Labute approximate surface area is 172 Å². The molecule has 0 bridgehead atoms. The van der Waals surface area contributed by atoms with Gasteiger partial charge in [0.15, 0.2) is 23.3 Å². The van der Waals surface area contributed by atoms with E-state index in [2.05, 4.69) is 10.3 Å². The highest BCUT2D eigenvalue weighted by molar-refractivity contribution is 8.18. The van der Waals surface area contributed by atoms with E-state index < -0.39 is 12.6 Å². The summed E-state index contributed by atoms with van der Waals surface area (Å²) in [4.78, 5) is 28.1. The maximum atomic E-state index is 12.3. The van der Waals surface area contributed by atoms with E-state index in [1.54, 1.807) is 24.3 Å². The normalized spacial score (nSPS) is 16.2. The summed E-state index contributed by atoms with van der Waals surface area (Å²) in [6, 6.07) is 11.0. The Kier molecular flexibility index (Phi) is 6.23. The number of thioether (sulfide) groups is 1. The van der Waals surface area contributed by atoms with Crippen LogP contribution >= 0.6 is 11.8 Å². The number of hydrogen-bond acceptors (Lipinski definition) is 6. The molecule has 1 aliphatic rings. The topological polar surface area (TPSA) is 97.2 Å². The lowest BCUT2D eigenvalue weighted by Gasteiger charge is -2.09. The van der Waals surface area contributed by atoms with Crippen molar-refractivity contribution in [3.8, 4) is 11.5 Å². The van der Waals surface area contributed by atoms with Gasteiger partial charge in [0, 0.05) is 0 Å². The average Bonchev–Trinajstić information content (AvgIpc) is 3.02. The van der Waals surface area contributed by atoms with Crippen LogP contribution in [-0.2, 0) is 9.59 Å². The van der Waals surface area contributed by atoms with Crippen LogP contribution in [0, 0.1) is 13.8 Å². The summed E-state index contributed by atoms with van der Waals surface area (Å²) in [6.07, 6.45) is 1.72. The summed E-state index contributed by atoms with van der Waals surface area (Å²) in [7, 11) is 1.46. The molecular formula is C21H20N2O5S. The van der Waals surface area contributed by atoms with E-state index >= 15 is 0 Å². The summed E-state index contributed by atoms with van der Waals surface area (Å²) in [6.45, 7) is 3.50. The molecule has 8 heteroatoms. The Morgan fingerprint density at radius 3 is 2.72 bits per heavy atom. The number of carboxylic acid groups (broad SMARTS) is 1. The summed E-state index contributed by atoms with van der Waals surface area (Å²) < 4.78 is 10.4. The molecule has 150 valence electrons. The van der Waals surface area contributed by atoms with Gasteiger partial charge in [-0.25, -0.2) is 9.79 Å². The number of methoxy groups -OCH3 is 1. The molecule has 29 heavy (non-hydrogen) atoms. The molecule has 1 amide bonds. The van der Waals surface area contributed by atoms with E-state index in [-0.39, 0.29) is 5.91 Å². The van der Waals surface area contributed by atoms with Gasteiger partial charge in [-0.1, -0.05) is 18.2 Å². The highest BCUT2D eigenvalue weighted by Crippen LogP contribution is 2.32. The van der Waals surface area contributed by atoms with Crippen molar-refractivity contribution in [3.63, 3.8) is 0 Å². The van der Waals surface area contributed by atoms with Crippen LogP contribution in [0.4, 0.5) is 5.69 Å². The van der Waals surface area contributed by atoms with Gasteiger partial charge < -0.3 is 19.9 Å². The van der Waals surface area contributed by atoms with Crippen molar-refractivity contribution in [2.24, 2.45) is 4.99 Å². The Morgan fingerprint density at radius 1 is 1.21 bits per heavy atom. The van der Waals surface area contributed by atoms with Crippen molar-refractivity contribution in [1.29, 1.82) is 0 Å². The zero-order valence-electron chi connectivity index (χ0n) is 16.2. The third-order valence-electron chi connectivity index (χ3n) is 4.07. The van der Waals surface area contributed by atoms with Gasteiger partial charge in [-0.05, 0) is 66.6 Å². The maximum absolute atomic E-state index is 12.3. The second-order valence-corrected chi connectivity index (χ2v) is 7.40. The molecule has 3 rings (SSSR count). The van der Waals surface area contributed by atoms with Gasteiger partial charge in [0.25, 0.3) is 5.91 Å². The fourth-order valence-corrected chi connectivity index (χ4v) is 3.45. The van der Waals surface area contributed by atoms with Crippen LogP contribution in [0.3, 0.4) is 0 Å². The van der Waals surface area contributed by atoms with Crippen LogP contribution < -0.4 is 14.8 Å². The summed E-state index contributed by atoms with van der Waals surface area (Å²) in [5, 5.41) is 12.0. The molecule has 1 fully saturated rings. The minimum Gasteiger partial charge on any atom is -0.493 e. The Bertz CT molecular complexity index is 1030. The number of aliphatic carboxylic acids is 1. The third kappa shape index (κ3) is 5.17. The molecule has 2 aromatic carbocycles. The molecule has 7 nitrogen and oxygen atoms in total. The molecule has 0 radical (unpaired) electrons. The van der Waals surface area contributed by atoms with Crippen molar-refractivity contribution in [1.82, 2.24) is 5.32 Å². The number of carbonyl (C=O) groups is 2. The molecule has 0 saturated carbocycles. The Hall–Kier alpha value is -3.26. The zero-order chi connectivity index (χ0) is 21.0.